The maximum absolute atomic E-state index is 12.1. The zero-order chi connectivity index (χ0) is 23.4. The molecule has 3 heterocycles. The molecular weight excluding hydrogens is 429 g/mol. The number of carboxylic acid groups (broad SMARTS) is 1. The third-order valence-corrected chi connectivity index (χ3v) is 6.24. The summed E-state index contributed by atoms with van der Waals surface area (Å²) in [6, 6.07) is 8.60. The zero-order valence-electron chi connectivity index (χ0n) is 18.1. The first-order valence-electron chi connectivity index (χ1n) is 10.7. The normalized spacial score (nSPS) is 26.2. The minimum absolute atomic E-state index is 0.0756. The predicted molar refractivity (Wildman–Crippen MR) is 109 cm³/mol. The minimum Gasteiger partial charge on any atom is -0.496 e. The molecule has 3 aliphatic rings. The second kappa shape index (κ2) is 10.1. The zero-order valence-corrected chi connectivity index (χ0v) is 18.1. The van der Waals surface area contributed by atoms with E-state index < -0.39 is 12.1 Å². The number of halogens is 3. The number of nitrogens with zero attached hydrogens (tertiary/aromatic N) is 2. The van der Waals surface area contributed by atoms with Crippen molar-refractivity contribution in [2.75, 3.05) is 33.4 Å². The Morgan fingerprint density at radius 2 is 2.03 bits per heavy atom. The minimum atomic E-state index is -5.08. The van der Waals surface area contributed by atoms with Crippen LogP contribution in [0.5, 0.6) is 5.75 Å². The van der Waals surface area contributed by atoms with Gasteiger partial charge in [0.15, 0.2) is 0 Å². The van der Waals surface area contributed by atoms with Gasteiger partial charge in [-0.25, -0.2) is 4.79 Å². The molecule has 3 aliphatic heterocycles. The average Bonchev–Trinajstić information content (AvgIpc) is 3.34. The summed E-state index contributed by atoms with van der Waals surface area (Å²) in [7, 11) is 1.73. The lowest BCUT2D eigenvalue weighted by molar-refractivity contribution is -0.192. The molecule has 1 amide bonds. The largest absolute Gasteiger partial charge is 0.496 e. The van der Waals surface area contributed by atoms with Crippen molar-refractivity contribution in [3.8, 4) is 5.75 Å². The van der Waals surface area contributed by atoms with Crippen LogP contribution in [0.25, 0.3) is 0 Å². The number of hydrogen-bond acceptors (Lipinski definition) is 5. The molecule has 178 valence electrons. The Morgan fingerprint density at radius 3 is 2.66 bits per heavy atom. The molecule has 4 rings (SSSR count). The Balaban J connectivity index is 0.000000360. The first kappa shape index (κ1) is 24.3. The monoisotopic (exact) mass is 458 g/mol. The summed E-state index contributed by atoms with van der Waals surface area (Å²) in [6.45, 7) is 4.59. The van der Waals surface area contributed by atoms with E-state index >= 15 is 0 Å². The van der Waals surface area contributed by atoms with Crippen molar-refractivity contribution in [2.45, 2.75) is 56.5 Å². The predicted octanol–water partition coefficient (Wildman–Crippen LogP) is 3.07. The first-order chi connectivity index (χ1) is 15.1. The maximum atomic E-state index is 12.1. The van der Waals surface area contributed by atoms with Crippen LogP contribution in [-0.4, -0.2) is 78.0 Å². The second-order valence-corrected chi connectivity index (χ2v) is 8.44. The van der Waals surface area contributed by atoms with Gasteiger partial charge in [-0.3, -0.25) is 9.69 Å². The van der Waals surface area contributed by atoms with Gasteiger partial charge in [0.1, 0.15) is 5.75 Å². The molecule has 10 heteroatoms. The van der Waals surface area contributed by atoms with Crippen LogP contribution < -0.4 is 4.74 Å². The van der Waals surface area contributed by atoms with Crippen LogP contribution in [-0.2, 0) is 20.9 Å². The Labute approximate surface area is 185 Å². The number of likely N-dealkylation sites (tertiary alicyclic amines) is 2. The van der Waals surface area contributed by atoms with Crippen molar-refractivity contribution in [1.29, 1.82) is 0 Å². The van der Waals surface area contributed by atoms with Gasteiger partial charge >= 0.3 is 12.1 Å². The van der Waals surface area contributed by atoms with E-state index in [1.165, 1.54) is 5.56 Å². The lowest BCUT2D eigenvalue weighted by Crippen LogP contribution is -2.50. The van der Waals surface area contributed by atoms with E-state index in [0.717, 1.165) is 70.6 Å². The summed E-state index contributed by atoms with van der Waals surface area (Å²) < 4.78 is 43.5. The number of alkyl halides is 3. The van der Waals surface area contributed by atoms with Crippen molar-refractivity contribution in [3.63, 3.8) is 0 Å². The number of aliphatic carboxylic acids is 1. The van der Waals surface area contributed by atoms with E-state index in [9.17, 15) is 18.0 Å². The molecule has 0 aliphatic carbocycles. The second-order valence-electron chi connectivity index (χ2n) is 8.44. The summed E-state index contributed by atoms with van der Waals surface area (Å²) in [5.74, 6) is -1.47. The summed E-state index contributed by atoms with van der Waals surface area (Å²) in [4.78, 5) is 25.6. The third-order valence-electron chi connectivity index (χ3n) is 6.24. The molecule has 1 N–H and O–H groups in total. The quantitative estimate of drug-likeness (QED) is 0.747. The highest BCUT2D eigenvalue weighted by Crippen LogP contribution is 2.38. The smallest absolute Gasteiger partial charge is 0.490 e. The van der Waals surface area contributed by atoms with Gasteiger partial charge in [-0.15, -0.1) is 0 Å². The molecule has 0 bridgehead atoms. The molecule has 0 saturated carbocycles. The maximum Gasteiger partial charge on any atom is 0.490 e. The third kappa shape index (κ3) is 5.92. The highest BCUT2D eigenvalue weighted by Gasteiger charge is 2.45. The Kier molecular flexibility index (Phi) is 7.66. The number of benzene rings is 1. The van der Waals surface area contributed by atoms with Crippen molar-refractivity contribution < 1.29 is 37.3 Å². The highest BCUT2D eigenvalue weighted by molar-refractivity contribution is 5.78. The number of carbonyl (C=O) groups is 2. The van der Waals surface area contributed by atoms with E-state index in [1.54, 1.807) is 7.11 Å². The Bertz CT molecular complexity index is 819. The number of carbonyl (C=O) groups excluding carboxylic acids is 1. The van der Waals surface area contributed by atoms with Gasteiger partial charge < -0.3 is 19.5 Å². The van der Waals surface area contributed by atoms with Crippen molar-refractivity contribution in [1.82, 2.24) is 9.80 Å². The SMILES string of the molecule is COc1ccccc1CN1CC[C@@]2(C[C@H](N3CCCC3=O)CCO2)C1.O=C(O)C(F)(F)F. The van der Waals surface area contributed by atoms with Crippen LogP contribution in [0, 0.1) is 0 Å². The molecule has 1 spiro atoms. The molecule has 2 atom stereocenters. The summed E-state index contributed by atoms with van der Waals surface area (Å²) in [5, 5.41) is 7.12. The number of hydrogen-bond donors (Lipinski definition) is 1. The van der Waals surface area contributed by atoms with Gasteiger partial charge in [-0.2, -0.15) is 13.2 Å². The summed E-state index contributed by atoms with van der Waals surface area (Å²) in [5.41, 5.74) is 1.15. The van der Waals surface area contributed by atoms with Gasteiger partial charge in [-0.05, 0) is 31.7 Å². The molecule has 3 saturated heterocycles. The number of para-hydroxylation sites is 1. The van der Waals surface area contributed by atoms with Gasteiger partial charge in [-0.1, -0.05) is 18.2 Å². The molecule has 3 fully saturated rings. The molecule has 0 radical (unpaired) electrons. The van der Waals surface area contributed by atoms with Crippen molar-refractivity contribution in [2.24, 2.45) is 0 Å². The van der Waals surface area contributed by atoms with Crippen LogP contribution >= 0.6 is 0 Å². The Morgan fingerprint density at radius 1 is 1.31 bits per heavy atom. The van der Waals surface area contributed by atoms with E-state index in [1.807, 2.05) is 12.1 Å². The number of methoxy groups -OCH3 is 1. The van der Waals surface area contributed by atoms with E-state index in [0.29, 0.717) is 11.9 Å². The van der Waals surface area contributed by atoms with E-state index in [-0.39, 0.29) is 5.60 Å². The number of carboxylic acids is 1. The molecule has 32 heavy (non-hydrogen) atoms. The molecule has 0 aromatic heterocycles. The molecular formula is C22H29F3N2O5. The van der Waals surface area contributed by atoms with Crippen LogP contribution in [0.1, 0.15) is 37.7 Å². The highest BCUT2D eigenvalue weighted by atomic mass is 19.4. The van der Waals surface area contributed by atoms with E-state index in [4.69, 9.17) is 19.4 Å². The lowest BCUT2D eigenvalue weighted by Gasteiger charge is -2.41. The summed E-state index contributed by atoms with van der Waals surface area (Å²) in [6.07, 6.45) is -0.310. The van der Waals surface area contributed by atoms with Crippen LogP contribution in [0.4, 0.5) is 13.2 Å². The molecule has 0 unspecified atom stereocenters. The standard InChI is InChI=1S/C20H28N2O3.C2HF3O2/c1-24-18-6-3-2-5-16(18)14-21-11-9-20(15-21)13-17(8-12-25-20)22-10-4-7-19(22)23;3-2(4,5)1(6)7/h2-3,5-6,17H,4,7-15H2,1H3;(H,6,7)/t17-,20-;/m1./s1. The number of amides is 1. The lowest BCUT2D eigenvalue weighted by atomic mass is 9.89. The van der Waals surface area contributed by atoms with E-state index in [2.05, 4.69) is 21.9 Å². The van der Waals surface area contributed by atoms with Crippen molar-refractivity contribution in [3.05, 3.63) is 29.8 Å². The average molecular weight is 458 g/mol. The molecule has 7 nitrogen and oxygen atoms in total. The fourth-order valence-electron chi connectivity index (χ4n) is 4.74. The fourth-order valence-corrected chi connectivity index (χ4v) is 4.74. The van der Waals surface area contributed by atoms with Gasteiger partial charge in [0, 0.05) is 50.8 Å². The van der Waals surface area contributed by atoms with Gasteiger partial charge in [0.2, 0.25) is 5.91 Å². The van der Waals surface area contributed by atoms with Crippen LogP contribution in [0.2, 0.25) is 0 Å². The van der Waals surface area contributed by atoms with Crippen molar-refractivity contribution >= 4 is 11.9 Å². The molecule has 1 aromatic carbocycles. The first-order valence-corrected chi connectivity index (χ1v) is 10.7. The number of ether oxygens (including phenoxy) is 2. The topological polar surface area (TPSA) is 79.3 Å². The van der Waals surface area contributed by atoms with Gasteiger partial charge in [0.25, 0.3) is 0 Å². The molecule has 1 aromatic rings. The number of rotatable bonds is 4. The van der Waals surface area contributed by atoms with Gasteiger partial charge in [0.05, 0.1) is 12.7 Å². The summed E-state index contributed by atoms with van der Waals surface area (Å²) >= 11 is 0. The fraction of sp³-hybridized carbons (Fsp3) is 0.636. The Hall–Kier alpha value is -2.33. The van der Waals surface area contributed by atoms with Crippen LogP contribution in [0.15, 0.2) is 24.3 Å². The van der Waals surface area contributed by atoms with Crippen LogP contribution in [0.3, 0.4) is 0 Å².